The summed E-state index contributed by atoms with van der Waals surface area (Å²) in [6.45, 7) is 11.6. The summed E-state index contributed by atoms with van der Waals surface area (Å²) in [6, 6.07) is 10.8. The highest BCUT2D eigenvalue weighted by atomic mass is 16.5. The van der Waals surface area contributed by atoms with Crippen LogP contribution in [0.4, 0.5) is 5.69 Å². The van der Waals surface area contributed by atoms with Crippen LogP contribution in [0.2, 0.25) is 0 Å². The Morgan fingerprint density at radius 1 is 1.24 bits per heavy atom. The minimum absolute atomic E-state index is 0.331. The van der Waals surface area contributed by atoms with Crippen molar-refractivity contribution in [3.05, 3.63) is 30.3 Å². The van der Waals surface area contributed by atoms with E-state index in [1.165, 1.54) is 5.69 Å². The first-order valence-electron chi connectivity index (χ1n) is 9.31. The van der Waals surface area contributed by atoms with E-state index in [0.717, 1.165) is 58.4 Å². The Balaban J connectivity index is 1.79. The van der Waals surface area contributed by atoms with Gasteiger partial charge >= 0.3 is 0 Å². The van der Waals surface area contributed by atoms with Crippen molar-refractivity contribution in [3.63, 3.8) is 0 Å². The van der Waals surface area contributed by atoms with Gasteiger partial charge in [-0.3, -0.25) is 9.89 Å². The van der Waals surface area contributed by atoms with Crippen LogP contribution in [0.3, 0.4) is 0 Å². The normalized spacial score (nSPS) is 17.2. The molecule has 0 saturated carbocycles. The molecule has 25 heavy (non-hydrogen) atoms. The smallest absolute Gasteiger partial charge is 0.191 e. The molecule has 1 aliphatic heterocycles. The third kappa shape index (κ3) is 6.92. The van der Waals surface area contributed by atoms with Gasteiger partial charge in [0.25, 0.3) is 0 Å². The van der Waals surface area contributed by atoms with E-state index in [9.17, 15) is 0 Å². The van der Waals surface area contributed by atoms with Crippen LogP contribution >= 0.6 is 0 Å². The maximum Gasteiger partial charge on any atom is 0.191 e. The van der Waals surface area contributed by atoms with Gasteiger partial charge in [0.15, 0.2) is 5.96 Å². The fourth-order valence-electron chi connectivity index (χ4n) is 2.76. The summed E-state index contributed by atoms with van der Waals surface area (Å²) in [7, 11) is 2.12. The number of likely N-dealkylation sites (N-methyl/N-ethyl adjacent to an activating group) is 1. The zero-order valence-electron chi connectivity index (χ0n) is 15.9. The van der Waals surface area contributed by atoms with Crippen molar-refractivity contribution >= 4 is 11.6 Å². The minimum Gasteiger partial charge on any atom is -0.379 e. The Hall–Kier alpha value is -1.79. The quantitative estimate of drug-likeness (QED) is 0.550. The molecule has 6 nitrogen and oxygen atoms in total. The van der Waals surface area contributed by atoms with Gasteiger partial charge in [-0.25, -0.2) is 0 Å². The number of hydrogen-bond acceptors (Lipinski definition) is 4. The van der Waals surface area contributed by atoms with Crippen molar-refractivity contribution in [2.75, 3.05) is 64.4 Å². The third-order valence-corrected chi connectivity index (χ3v) is 4.51. The van der Waals surface area contributed by atoms with Crippen LogP contribution in [0.15, 0.2) is 35.3 Å². The van der Waals surface area contributed by atoms with Crippen molar-refractivity contribution in [1.29, 1.82) is 0 Å². The first kappa shape index (κ1) is 19.5. The maximum absolute atomic E-state index is 5.39. The second-order valence-corrected chi connectivity index (χ2v) is 6.40. The second-order valence-electron chi connectivity index (χ2n) is 6.40. The molecule has 1 aromatic carbocycles. The van der Waals surface area contributed by atoms with E-state index >= 15 is 0 Å². The molecule has 1 aromatic rings. The Morgan fingerprint density at radius 3 is 2.64 bits per heavy atom. The molecule has 1 atom stereocenters. The summed E-state index contributed by atoms with van der Waals surface area (Å²) in [6.07, 6.45) is 0. The number of para-hydroxylation sites is 1. The number of anilines is 1. The number of aliphatic imine (C=N–C) groups is 1. The van der Waals surface area contributed by atoms with Gasteiger partial charge in [-0.05, 0) is 26.0 Å². The van der Waals surface area contributed by atoms with Crippen LogP contribution in [0.5, 0.6) is 0 Å². The van der Waals surface area contributed by atoms with E-state index in [2.05, 4.69) is 65.6 Å². The predicted molar refractivity (Wildman–Crippen MR) is 106 cm³/mol. The van der Waals surface area contributed by atoms with Gasteiger partial charge in [-0.2, -0.15) is 0 Å². The number of nitrogens with one attached hydrogen (secondary N) is 2. The first-order chi connectivity index (χ1) is 12.2. The Morgan fingerprint density at radius 2 is 1.96 bits per heavy atom. The molecule has 2 N–H and O–H groups in total. The number of nitrogens with zero attached hydrogens (tertiary/aromatic N) is 3. The molecule has 0 spiro atoms. The summed E-state index contributed by atoms with van der Waals surface area (Å²) in [5.74, 6) is 0.893. The zero-order valence-corrected chi connectivity index (χ0v) is 15.9. The monoisotopic (exact) mass is 347 g/mol. The molecule has 1 fully saturated rings. The number of guanidine groups is 1. The van der Waals surface area contributed by atoms with Crippen LogP contribution in [-0.2, 0) is 4.74 Å². The van der Waals surface area contributed by atoms with Gasteiger partial charge in [0, 0.05) is 51.5 Å². The number of rotatable bonds is 8. The van der Waals surface area contributed by atoms with Crippen molar-refractivity contribution in [1.82, 2.24) is 15.5 Å². The fraction of sp³-hybridized carbons (Fsp3) is 0.632. The van der Waals surface area contributed by atoms with Gasteiger partial charge in [0.2, 0.25) is 0 Å². The van der Waals surface area contributed by atoms with E-state index in [1.807, 2.05) is 6.07 Å². The highest BCUT2D eigenvalue weighted by Crippen LogP contribution is 2.14. The molecule has 1 unspecified atom stereocenters. The van der Waals surface area contributed by atoms with Crippen LogP contribution in [0.25, 0.3) is 0 Å². The lowest BCUT2D eigenvalue weighted by Gasteiger charge is -2.27. The molecule has 1 heterocycles. The number of benzene rings is 1. The molecular formula is C19H33N5O. The van der Waals surface area contributed by atoms with E-state index < -0.39 is 0 Å². The molecule has 1 saturated heterocycles. The minimum atomic E-state index is 0.331. The van der Waals surface area contributed by atoms with Gasteiger partial charge in [-0.1, -0.05) is 18.2 Å². The molecule has 0 bridgehead atoms. The van der Waals surface area contributed by atoms with E-state index in [1.54, 1.807) is 0 Å². The highest BCUT2D eigenvalue weighted by molar-refractivity contribution is 5.79. The summed E-state index contributed by atoms with van der Waals surface area (Å²) >= 11 is 0. The first-order valence-corrected chi connectivity index (χ1v) is 9.31. The number of morpholine rings is 1. The van der Waals surface area contributed by atoms with E-state index in [4.69, 9.17) is 9.73 Å². The van der Waals surface area contributed by atoms with Gasteiger partial charge in [-0.15, -0.1) is 0 Å². The molecule has 0 amide bonds. The lowest BCUT2D eigenvalue weighted by atomic mass is 10.2. The fourth-order valence-corrected chi connectivity index (χ4v) is 2.76. The van der Waals surface area contributed by atoms with Crippen LogP contribution in [0.1, 0.15) is 13.8 Å². The van der Waals surface area contributed by atoms with Crippen LogP contribution < -0.4 is 15.5 Å². The van der Waals surface area contributed by atoms with Gasteiger partial charge in [0.1, 0.15) is 0 Å². The van der Waals surface area contributed by atoms with Crippen molar-refractivity contribution in [3.8, 4) is 0 Å². The lowest BCUT2D eigenvalue weighted by Crippen LogP contribution is -2.45. The number of hydrogen-bond donors (Lipinski definition) is 2. The van der Waals surface area contributed by atoms with Crippen LogP contribution in [-0.4, -0.2) is 76.4 Å². The highest BCUT2D eigenvalue weighted by Gasteiger charge is 2.11. The largest absolute Gasteiger partial charge is 0.379 e. The molecule has 140 valence electrons. The maximum atomic E-state index is 5.39. The lowest BCUT2D eigenvalue weighted by molar-refractivity contribution is 0.0389. The Labute approximate surface area is 152 Å². The molecular weight excluding hydrogens is 314 g/mol. The Bertz CT molecular complexity index is 502. The summed E-state index contributed by atoms with van der Waals surface area (Å²) in [5.41, 5.74) is 1.22. The van der Waals surface area contributed by atoms with Gasteiger partial charge < -0.3 is 20.3 Å². The van der Waals surface area contributed by atoms with Gasteiger partial charge in [0.05, 0.1) is 19.8 Å². The van der Waals surface area contributed by atoms with Crippen molar-refractivity contribution in [2.24, 2.45) is 4.99 Å². The Kier molecular flexibility index (Phi) is 8.55. The second kappa shape index (κ2) is 10.9. The molecule has 0 aliphatic carbocycles. The SMILES string of the molecule is CCNC(=NCC(C)N(C)c1ccccc1)NCCN1CCOCC1. The molecule has 1 aliphatic rings. The number of ether oxygens (including phenoxy) is 1. The van der Waals surface area contributed by atoms with Crippen molar-refractivity contribution < 1.29 is 4.74 Å². The van der Waals surface area contributed by atoms with Crippen LogP contribution in [0, 0.1) is 0 Å². The average Bonchev–Trinajstić information content (AvgIpc) is 2.66. The van der Waals surface area contributed by atoms with E-state index in [0.29, 0.717) is 6.04 Å². The average molecular weight is 348 g/mol. The molecule has 0 radical (unpaired) electrons. The standard InChI is InChI=1S/C19H33N5O/c1-4-20-19(21-10-11-24-12-14-25-15-13-24)22-16-17(2)23(3)18-8-6-5-7-9-18/h5-9,17H,4,10-16H2,1-3H3,(H2,20,21,22). The summed E-state index contributed by atoms with van der Waals surface area (Å²) in [4.78, 5) is 9.44. The van der Waals surface area contributed by atoms with E-state index in [-0.39, 0.29) is 0 Å². The topological polar surface area (TPSA) is 52.1 Å². The third-order valence-electron chi connectivity index (χ3n) is 4.51. The molecule has 0 aromatic heterocycles. The van der Waals surface area contributed by atoms with Crippen molar-refractivity contribution in [2.45, 2.75) is 19.9 Å². The predicted octanol–water partition coefficient (Wildman–Crippen LogP) is 1.40. The molecule has 2 rings (SSSR count). The molecule has 6 heteroatoms. The summed E-state index contributed by atoms with van der Waals surface area (Å²) in [5, 5.41) is 6.77. The summed E-state index contributed by atoms with van der Waals surface area (Å²) < 4.78 is 5.39. The zero-order chi connectivity index (χ0) is 17.9.